The van der Waals surface area contributed by atoms with E-state index in [0.29, 0.717) is 15.1 Å². The molecule has 1 N–H and O–H groups in total. The van der Waals surface area contributed by atoms with Crippen LogP contribution < -0.4 is 0 Å². The van der Waals surface area contributed by atoms with Gasteiger partial charge in [0.15, 0.2) is 0 Å². The number of nitrogens with zero attached hydrogens (tertiary/aromatic N) is 1. The molecule has 4 nitrogen and oxygen atoms in total. The number of carboxylic acids is 1. The molecule has 0 aromatic heterocycles. The van der Waals surface area contributed by atoms with Gasteiger partial charge in [0.1, 0.15) is 5.69 Å². The summed E-state index contributed by atoms with van der Waals surface area (Å²) in [6.45, 7) is 0. The van der Waals surface area contributed by atoms with Gasteiger partial charge in [0.2, 0.25) is 0 Å². The molecule has 6 heteroatoms. The molecule has 0 saturated carbocycles. The molecule has 0 aliphatic rings. The Labute approximate surface area is 98.7 Å². The van der Waals surface area contributed by atoms with E-state index < -0.39 is 5.97 Å². The molecule has 0 aliphatic heterocycles. The van der Waals surface area contributed by atoms with Crippen molar-refractivity contribution in [2.75, 3.05) is 0 Å². The Balaban J connectivity index is 3.21. The fourth-order valence-corrected chi connectivity index (χ4v) is 1.44. The van der Waals surface area contributed by atoms with E-state index in [9.17, 15) is 9.70 Å². The minimum atomic E-state index is -1.10. The van der Waals surface area contributed by atoms with Crippen molar-refractivity contribution in [3.05, 3.63) is 38.2 Å². The van der Waals surface area contributed by atoms with E-state index in [-0.39, 0.29) is 5.69 Å². The van der Waals surface area contributed by atoms with Crippen molar-refractivity contribution in [3.63, 3.8) is 0 Å². The highest BCUT2D eigenvalue weighted by atomic mass is 79.9. The molecule has 0 heterocycles. The SMILES string of the molecule is O=Nc1cc(Cl)c(Br)cc1/C=C/C(=O)O. The van der Waals surface area contributed by atoms with Crippen LogP contribution in [-0.2, 0) is 4.79 Å². The molecule has 1 aromatic rings. The van der Waals surface area contributed by atoms with Gasteiger partial charge in [-0.1, -0.05) is 11.6 Å². The van der Waals surface area contributed by atoms with Crippen LogP contribution in [0.5, 0.6) is 0 Å². The van der Waals surface area contributed by atoms with Crippen molar-refractivity contribution in [1.29, 1.82) is 0 Å². The lowest BCUT2D eigenvalue weighted by atomic mass is 10.1. The predicted octanol–water partition coefficient (Wildman–Crippen LogP) is 3.60. The molecule has 0 spiro atoms. The number of carboxylic acid groups (broad SMARTS) is 1. The Hall–Kier alpha value is -1.20. The van der Waals surface area contributed by atoms with Crippen molar-refractivity contribution < 1.29 is 9.90 Å². The topological polar surface area (TPSA) is 66.7 Å². The maximum Gasteiger partial charge on any atom is 0.328 e. The van der Waals surface area contributed by atoms with Gasteiger partial charge < -0.3 is 5.11 Å². The number of benzene rings is 1. The molecule has 0 bridgehead atoms. The largest absolute Gasteiger partial charge is 0.478 e. The molecule has 0 radical (unpaired) electrons. The van der Waals surface area contributed by atoms with E-state index in [2.05, 4.69) is 21.1 Å². The number of hydrogen-bond acceptors (Lipinski definition) is 3. The predicted molar refractivity (Wildman–Crippen MR) is 61.3 cm³/mol. The van der Waals surface area contributed by atoms with Crippen LogP contribution >= 0.6 is 27.5 Å². The zero-order valence-electron chi connectivity index (χ0n) is 7.28. The normalized spacial score (nSPS) is 10.5. The fraction of sp³-hybridized carbons (Fsp3) is 0. The van der Waals surface area contributed by atoms with Crippen LogP contribution in [0.3, 0.4) is 0 Å². The average Bonchev–Trinajstić information content (AvgIpc) is 2.19. The van der Waals surface area contributed by atoms with Gasteiger partial charge in [-0.2, -0.15) is 0 Å². The summed E-state index contributed by atoms with van der Waals surface area (Å²) in [5.41, 5.74) is 0.490. The lowest BCUT2D eigenvalue weighted by molar-refractivity contribution is -0.131. The maximum atomic E-state index is 10.4. The third kappa shape index (κ3) is 3.14. The lowest BCUT2D eigenvalue weighted by Gasteiger charge is -2.00. The van der Waals surface area contributed by atoms with Crippen LogP contribution in [0.2, 0.25) is 5.02 Å². The first-order valence-corrected chi connectivity index (χ1v) is 4.95. The standard InChI is InChI=1S/C9H5BrClNO3/c10-6-3-5(1-2-9(13)14)8(12-15)4-7(6)11/h1-4H,(H,13,14)/b2-1+. The molecule has 0 fully saturated rings. The second kappa shape index (κ2) is 5.04. The quantitative estimate of drug-likeness (QED) is 0.683. The van der Waals surface area contributed by atoms with Crippen molar-refractivity contribution in [2.45, 2.75) is 0 Å². The smallest absolute Gasteiger partial charge is 0.328 e. The van der Waals surface area contributed by atoms with E-state index in [4.69, 9.17) is 16.7 Å². The van der Waals surface area contributed by atoms with Crippen LogP contribution in [0.1, 0.15) is 5.56 Å². The van der Waals surface area contributed by atoms with Crippen LogP contribution in [0.4, 0.5) is 5.69 Å². The van der Waals surface area contributed by atoms with Gasteiger partial charge >= 0.3 is 5.97 Å². The number of carbonyl (C=O) groups is 1. The molecule has 1 aromatic carbocycles. The molecule has 0 aliphatic carbocycles. The van der Waals surface area contributed by atoms with Gasteiger partial charge in [-0.15, -0.1) is 4.91 Å². The third-order valence-corrected chi connectivity index (χ3v) is 2.77. The second-order valence-electron chi connectivity index (χ2n) is 2.59. The summed E-state index contributed by atoms with van der Waals surface area (Å²) in [5.74, 6) is -1.10. The minimum absolute atomic E-state index is 0.0979. The Bertz CT molecular complexity index is 445. The van der Waals surface area contributed by atoms with Gasteiger partial charge in [-0.3, -0.25) is 0 Å². The molecule has 0 amide bonds. The highest BCUT2D eigenvalue weighted by Crippen LogP contribution is 2.31. The average molecular weight is 291 g/mol. The van der Waals surface area contributed by atoms with Gasteiger partial charge in [0.05, 0.1) is 5.02 Å². The van der Waals surface area contributed by atoms with Gasteiger partial charge in [0.25, 0.3) is 0 Å². The summed E-state index contributed by atoms with van der Waals surface area (Å²) in [6, 6.07) is 2.89. The third-order valence-electron chi connectivity index (χ3n) is 1.57. The van der Waals surface area contributed by atoms with E-state index in [1.165, 1.54) is 18.2 Å². The molecular weight excluding hydrogens is 285 g/mol. The Morgan fingerprint density at radius 2 is 2.20 bits per heavy atom. The fourth-order valence-electron chi connectivity index (χ4n) is 0.925. The number of hydrogen-bond donors (Lipinski definition) is 1. The number of halogens is 2. The Kier molecular flexibility index (Phi) is 3.99. The first kappa shape index (κ1) is 11.9. The monoisotopic (exact) mass is 289 g/mol. The minimum Gasteiger partial charge on any atom is -0.478 e. The number of nitroso groups, excluding NO2 is 1. The molecule has 78 valence electrons. The van der Waals surface area contributed by atoms with Gasteiger partial charge in [-0.25, -0.2) is 4.79 Å². The summed E-state index contributed by atoms with van der Waals surface area (Å²) in [7, 11) is 0. The van der Waals surface area contributed by atoms with Gasteiger partial charge in [0, 0.05) is 16.1 Å². The first-order chi connectivity index (χ1) is 7.04. The summed E-state index contributed by atoms with van der Waals surface area (Å²) < 4.78 is 0.571. The molecule has 0 unspecified atom stereocenters. The second-order valence-corrected chi connectivity index (χ2v) is 3.85. The van der Waals surface area contributed by atoms with Crippen LogP contribution in [-0.4, -0.2) is 11.1 Å². The van der Waals surface area contributed by atoms with E-state index in [1.807, 2.05) is 0 Å². The number of aliphatic carboxylic acids is 1. The number of rotatable bonds is 3. The van der Waals surface area contributed by atoms with Crippen molar-refractivity contribution in [2.24, 2.45) is 5.18 Å². The maximum absolute atomic E-state index is 10.4. The van der Waals surface area contributed by atoms with Crippen molar-refractivity contribution in [3.8, 4) is 0 Å². The van der Waals surface area contributed by atoms with Gasteiger partial charge in [-0.05, 0) is 39.3 Å². The van der Waals surface area contributed by atoms with E-state index >= 15 is 0 Å². The molecular formula is C9H5BrClNO3. The summed E-state index contributed by atoms with van der Waals surface area (Å²) >= 11 is 8.90. The van der Waals surface area contributed by atoms with Crippen LogP contribution in [0, 0.1) is 4.91 Å². The summed E-state index contributed by atoms with van der Waals surface area (Å²) in [5, 5.41) is 11.5. The Morgan fingerprint density at radius 1 is 1.53 bits per heavy atom. The van der Waals surface area contributed by atoms with E-state index in [0.717, 1.165) is 6.08 Å². The van der Waals surface area contributed by atoms with Crippen LogP contribution in [0.25, 0.3) is 6.08 Å². The highest BCUT2D eigenvalue weighted by molar-refractivity contribution is 9.10. The first-order valence-electron chi connectivity index (χ1n) is 3.78. The van der Waals surface area contributed by atoms with Crippen molar-refractivity contribution >= 4 is 45.3 Å². The zero-order chi connectivity index (χ0) is 11.4. The highest BCUT2D eigenvalue weighted by Gasteiger charge is 2.05. The molecule has 15 heavy (non-hydrogen) atoms. The van der Waals surface area contributed by atoms with Crippen molar-refractivity contribution in [1.82, 2.24) is 0 Å². The zero-order valence-corrected chi connectivity index (χ0v) is 9.62. The summed E-state index contributed by atoms with van der Waals surface area (Å²) in [4.78, 5) is 20.7. The van der Waals surface area contributed by atoms with E-state index in [1.54, 1.807) is 0 Å². The lowest BCUT2D eigenvalue weighted by Crippen LogP contribution is -1.86. The molecule has 0 atom stereocenters. The van der Waals surface area contributed by atoms with Crippen LogP contribution in [0.15, 0.2) is 27.9 Å². The molecule has 0 saturated heterocycles. The Morgan fingerprint density at radius 3 is 2.73 bits per heavy atom. The summed E-state index contributed by atoms with van der Waals surface area (Å²) in [6.07, 6.45) is 2.20. The molecule has 1 rings (SSSR count).